The van der Waals surface area contributed by atoms with Crippen molar-refractivity contribution in [1.82, 2.24) is 0 Å². The first-order valence-electron chi connectivity index (χ1n) is 4.50. The van der Waals surface area contributed by atoms with Gasteiger partial charge in [-0.1, -0.05) is 0 Å². The second kappa shape index (κ2) is 18.3. The Morgan fingerprint density at radius 1 is 0.385 bits per heavy atom. The minimum absolute atomic E-state index is 0. The molecule has 0 unspecified atom stereocenters. The molecule has 0 amide bonds. The van der Waals surface area contributed by atoms with Crippen molar-refractivity contribution in [3.05, 3.63) is 17.8 Å². The van der Waals surface area contributed by atoms with Crippen LogP contribution in [0.2, 0.25) is 0 Å². The van der Waals surface area contributed by atoms with Crippen molar-refractivity contribution in [3.63, 3.8) is 0 Å². The van der Waals surface area contributed by atoms with E-state index in [0.29, 0.717) is 0 Å². The molecular weight excluding hydrogens is 196 g/mol. The minimum Gasteiger partial charge on any atom is -0.323 e. The molecule has 13 heavy (non-hydrogen) atoms. The summed E-state index contributed by atoms with van der Waals surface area (Å²) in [5.41, 5.74) is 0. The molecule has 0 saturated carbocycles. The Balaban J connectivity index is -0.0000000450. The van der Waals surface area contributed by atoms with Crippen molar-refractivity contribution in [2.75, 3.05) is 0 Å². The molecule has 0 nitrogen and oxygen atoms in total. The summed E-state index contributed by atoms with van der Waals surface area (Å²) < 4.78 is 0. The number of hydrogen-bond acceptors (Lipinski definition) is 0. The van der Waals surface area contributed by atoms with E-state index in [-0.39, 0.29) is 17.4 Å². The van der Waals surface area contributed by atoms with Gasteiger partial charge in [-0.15, -0.1) is 0 Å². The Bertz CT molecular complexity index is 33.6. The van der Waals surface area contributed by atoms with Gasteiger partial charge in [-0.05, 0) is 0 Å². The molecule has 0 atom stereocenters. The number of hydrogen-bond donors (Lipinski definition) is 0. The average molecular weight is 223 g/mol. The van der Waals surface area contributed by atoms with Crippen LogP contribution in [0.5, 0.6) is 0 Å². The Morgan fingerprint density at radius 3 is 0.385 bits per heavy atom. The van der Waals surface area contributed by atoms with Crippen LogP contribution in [0, 0.1) is 17.8 Å². The fourth-order valence-corrected chi connectivity index (χ4v) is 0. The van der Waals surface area contributed by atoms with Gasteiger partial charge in [0.2, 0.25) is 0 Å². The molecule has 0 fully saturated rings. The Morgan fingerprint density at radius 2 is 0.385 bits per heavy atom. The maximum absolute atomic E-state index is 2.08. The molecule has 0 heterocycles. The molecule has 0 rings (SSSR count). The van der Waals surface area contributed by atoms with Crippen molar-refractivity contribution >= 4 is 0 Å². The average Bonchev–Trinajstić information content (AvgIpc) is 1.54. The molecule has 0 spiro atoms. The topological polar surface area (TPSA) is 0 Å². The molecule has 0 aromatic carbocycles. The van der Waals surface area contributed by atoms with Gasteiger partial charge in [-0.3, -0.25) is 0 Å². The second-order valence-corrected chi connectivity index (χ2v) is 4.50. The van der Waals surface area contributed by atoms with Gasteiger partial charge < -0.3 is 17.8 Å². The van der Waals surface area contributed by atoms with E-state index < -0.39 is 0 Å². The molecule has 0 aromatic rings. The van der Waals surface area contributed by atoms with Gasteiger partial charge in [0.15, 0.2) is 0 Å². The predicted molar refractivity (Wildman–Crippen MR) is 60.8 cm³/mol. The van der Waals surface area contributed by atoms with E-state index in [0.717, 1.165) is 0 Å². The van der Waals surface area contributed by atoms with Gasteiger partial charge in [0.05, 0.1) is 0 Å². The van der Waals surface area contributed by atoms with E-state index in [4.69, 9.17) is 0 Å². The summed E-state index contributed by atoms with van der Waals surface area (Å²) in [5.74, 6) is 4.25. The van der Waals surface area contributed by atoms with E-state index in [9.17, 15) is 0 Å². The third kappa shape index (κ3) is 4900. The summed E-state index contributed by atoms with van der Waals surface area (Å²) in [6.07, 6.45) is 0. The summed E-state index contributed by atoms with van der Waals surface area (Å²) in [7, 11) is 0. The van der Waals surface area contributed by atoms with Crippen molar-refractivity contribution in [2.24, 2.45) is 0 Å². The van der Waals surface area contributed by atoms with Crippen LogP contribution in [0.15, 0.2) is 0 Å². The van der Waals surface area contributed by atoms with Crippen LogP contribution in [-0.4, -0.2) is 0 Å². The summed E-state index contributed by atoms with van der Waals surface area (Å²) in [4.78, 5) is 0. The van der Waals surface area contributed by atoms with Gasteiger partial charge in [0.1, 0.15) is 0 Å². The minimum atomic E-state index is 0. The predicted octanol–water partition coefficient (Wildman–Crippen LogP) is 4.86. The van der Waals surface area contributed by atoms with E-state index in [1.807, 2.05) is 0 Å². The van der Waals surface area contributed by atoms with E-state index in [2.05, 4.69) is 62.3 Å². The fraction of sp³-hybridized carbons (Fsp3) is 0.750. The maximum atomic E-state index is 2.08. The quantitative estimate of drug-likeness (QED) is 0.514. The Labute approximate surface area is 97.6 Å². The van der Waals surface area contributed by atoms with Crippen molar-refractivity contribution in [1.29, 1.82) is 0 Å². The summed E-state index contributed by atoms with van der Waals surface area (Å²) in [6, 6.07) is 0. The monoisotopic (exact) mass is 223 g/mol. The van der Waals surface area contributed by atoms with Gasteiger partial charge in [-0.2, -0.15) is 62.3 Å². The zero-order chi connectivity index (χ0) is 10.7. The summed E-state index contributed by atoms with van der Waals surface area (Å²) >= 11 is 0. The first-order chi connectivity index (χ1) is 5.20. The molecule has 0 bridgehead atoms. The van der Waals surface area contributed by atoms with E-state index >= 15 is 0 Å². The molecule has 1 radical (unpaired) electrons. The van der Waals surface area contributed by atoms with E-state index in [1.165, 1.54) is 17.8 Å². The number of rotatable bonds is 0. The normalized spacial score (nSPS) is 8.31. The Hall–Kier alpha value is 0.532. The molecule has 0 saturated heterocycles. The van der Waals surface area contributed by atoms with Crippen LogP contribution < -0.4 is 0 Å². The van der Waals surface area contributed by atoms with Crippen LogP contribution in [0.3, 0.4) is 0 Å². The third-order valence-corrected chi connectivity index (χ3v) is 0. The smallest absolute Gasteiger partial charge is 0.323 e. The maximum Gasteiger partial charge on any atom is 3.00 e. The zero-order valence-electron chi connectivity index (χ0n) is 10.9. The van der Waals surface area contributed by atoms with Crippen LogP contribution in [0.4, 0.5) is 0 Å². The largest absolute Gasteiger partial charge is 3.00 e. The third-order valence-electron chi connectivity index (χ3n) is 0. The fourth-order valence-electron chi connectivity index (χ4n) is 0. The first kappa shape index (κ1) is 23.4. The molecule has 0 aromatic heterocycles. The SMILES string of the molecule is C[C-](C)C.C[C-](C)C.C[C-](C)C.[Cr+3]. The van der Waals surface area contributed by atoms with E-state index in [1.54, 1.807) is 0 Å². The van der Waals surface area contributed by atoms with Crippen molar-refractivity contribution in [2.45, 2.75) is 62.3 Å². The standard InChI is InChI=1S/3C4H9.Cr/c3*1-4(2)3;/h3*1-3H3;/q3*-1;+3. The zero-order valence-corrected chi connectivity index (χ0v) is 12.2. The summed E-state index contributed by atoms with van der Waals surface area (Å²) in [6.45, 7) is 18.8. The van der Waals surface area contributed by atoms with Gasteiger partial charge in [-0.25, -0.2) is 0 Å². The van der Waals surface area contributed by atoms with Gasteiger partial charge >= 0.3 is 17.4 Å². The van der Waals surface area contributed by atoms with Crippen molar-refractivity contribution in [3.8, 4) is 0 Å². The molecule has 81 valence electrons. The molecule has 0 aliphatic carbocycles. The molecule has 0 N–H and O–H groups in total. The molecular formula is C12H27Cr. The Kier molecular flexibility index (Phi) is 33.0. The summed E-state index contributed by atoms with van der Waals surface area (Å²) in [5, 5.41) is 0. The molecule has 0 aliphatic rings. The molecule has 0 aliphatic heterocycles. The van der Waals surface area contributed by atoms with Crippen LogP contribution in [0.25, 0.3) is 0 Å². The van der Waals surface area contributed by atoms with Gasteiger partial charge in [0, 0.05) is 0 Å². The van der Waals surface area contributed by atoms with Crippen LogP contribution in [-0.2, 0) is 17.4 Å². The second-order valence-electron chi connectivity index (χ2n) is 4.50. The molecule has 1 heteroatoms. The van der Waals surface area contributed by atoms with Gasteiger partial charge in [0.25, 0.3) is 0 Å². The van der Waals surface area contributed by atoms with Crippen LogP contribution >= 0.6 is 0 Å². The first-order valence-corrected chi connectivity index (χ1v) is 4.50. The van der Waals surface area contributed by atoms with Crippen LogP contribution in [0.1, 0.15) is 62.3 Å². The van der Waals surface area contributed by atoms with Crippen molar-refractivity contribution < 1.29 is 17.4 Å².